The highest BCUT2D eigenvalue weighted by molar-refractivity contribution is 7.98. The van der Waals surface area contributed by atoms with Crippen molar-refractivity contribution in [3.63, 3.8) is 0 Å². The molecule has 0 saturated carbocycles. The van der Waals surface area contributed by atoms with Gasteiger partial charge in [0.05, 0.1) is 24.9 Å². The number of ether oxygens (including phenoxy) is 2. The number of hydrogen-bond donors (Lipinski definition) is 0. The van der Waals surface area contributed by atoms with Gasteiger partial charge in [0.25, 0.3) is 5.91 Å². The number of aromatic nitrogens is 2. The van der Waals surface area contributed by atoms with Crippen molar-refractivity contribution >= 4 is 17.7 Å². The maximum absolute atomic E-state index is 13.2. The minimum absolute atomic E-state index is 0.0420. The van der Waals surface area contributed by atoms with Crippen LogP contribution >= 0.6 is 11.8 Å². The van der Waals surface area contributed by atoms with E-state index in [1.54, 1.807) is 11.8 Å². The summed E-state index contributed by atoms with van der Waals surface area (Å²) in [4.78, 5) is 16.4. The molecule has 0 N–H and O–H groups in total. The smallest absolute Gasteiger partial charge is 0.274 e. The largest absolute Gasteiger partial charge is 0.381 e. The van der Waals surface area contributed by atoms with E-state index in [9.17, 15) is 4.79 Å². The summed E-state index contributed by atoms with van der Waals surface area (Å²) in [7, 11) is 0. The lowest BCUT2D eigenvalue weighted by atomic mass is 10.0. The van der Waals surface area contributed by atoms with Gasteiger partial charge in [0.15, 0.2) is 5.69 Å². The van der Waals surface area contributed by atoms with Gasteiger partial charge >= 0.3 is 0 Å². The second kappa shape index (κ2) is 7.30. The van der Waals surface area contributed by atoms with Crippen LogP contribution in [0.15, 0.2) is 29.2 Å². The van der Waals surface area contributed by atoms with Gasteiger partial charge in [0.2, 0.25) is 0 Å². The topological polar surface area (TPSA) is 56.6 Å². The molecule has 1 amide bonds. The van der Waals surface area contributed by atoms with E-state index in [0.717, 1.165) is 43.1 Å². The molecular weight excluding hydrogens is 362 g/mol. The average molecular weight is 385 g/mol. The van der Waals surface area contributed by atoms with Crippen molar-refractivity contribution in [3.8, 4) is 11.3 Å². The number of benzene rings is 1. The standard InChI is InChI=1S/C20H23N3O3S/c24-20(22-7-11-26-12-8-22)18-16-13-27-17-4-2-1-3-15(17)19(16)23(21-18)14-5-9-25-10-6-14/h1-4,14H,5-13H2. The fraction of sp³-hybridized carbons (Fsp3) is 0.500. The number of fused-ring (bicyclic) bond motifs is 3. The molecule has 3 aliphatic heterocycles. The van der Waals surface area contributed by atoms with Crippen molar-refractivity contribution in [2.45, 2.75) is 29.5 Å². The quantitative estimate of drug-likeness (QED) is 0.796. The van der Waals surface area contributed by atoms with Crippen LogP contribution in [0.25, 0.3) is 11.3 Å². The van der Waals surface area contributed by atoms with Crippen LogP contribution < -0.4 is 0 Å². The molecule has 5 rings (SSSR count). The normalized spacial score (nSPS) is 20.2. The summed E-state index contributed by atoms with van der Waals surface area (Å²) in [5.41, 5.74) is 4.04. The number of thioether (sulfide) groups is 1. The van der Waals surface area contributed by atoms with E-state index in [1.165, 1.54) is 10.5 Å². The minimum atomic E-state index is 0.0420. The Morgan fingerprint density at radius 2 is 1.81 bits per heavy atom. The number of morpholine rings is 1. The molecule has 3 aliphatic rings. The van der Waals surface area contributed by atoms with Crippen LogP contribution in [0.4, 0.5) is 0 Å². The molecule has 0 bridgehead atoms. The van der Waals surface area contributed by atoms with Crippen LogP contribution in [0.2, 0.25) is 0 Å². The number of rotatable bonds is 2. The molecule has 0 spiro atoms. The van der Waals surface area contributed by atoms with Crippen LogP contribution in [-0.4, -0.2) is 60.1 Å². The van der Waals surface area contributed by atoms with Crippen molar-refractivity contribution < 1.29 is 14.3 Å². The third-order valence-corrected chi connectivity index (χ3v) is 6.66. The van der Waals surface area contributed by atoms with Gasteiger partial charge in [-0.1, -0.05) is 18.2 Å². The van der Waals surface area contributed by atoms with Crippen LogP contribution in [0, 0.1) is 0 Å². The molecule has 0 atom stereocenters. The van der Waals surface area contributed by atoms with E-state index in [1.807, 2.05) is 4.90 Å². The van der Waals surface area contributed by atoms with Gasteiger partial charge < -0.3 is 14.4 Å². The van der Waals surface area contributed by atoms with Crippen molar-refractivity contribution in [2.24, 2.45) is 0 Å². The minimum Gasteiger partial charge on any atom is -0.381 e. The van der Waals surface area contributed by atoms with Crippen molar-refractivity contribution in [1.82, 2.24) is 14.7 Å². The Morgan fingerprint density at radius 1 is 1.07 bits per heavy atom. The first kappa shape index (κ1) is 17.3. The molecule has 0 aliphatic carbocycles. The zero-order valence-electron chi connectivity index (χ0n) is 15.2. The second-order valence-electron chi connectivity index (χ2n) is 7.15. The number of hydrogen-bond acceptors (Lipinski definition) is 5. The van der Waals surface area contributed by atoms with Gasteiger partial charge in [-0.25, -0.2) is 0 Å². The van der Waals surface area contributed by atoms with Crippen LogP contribution in [-0.2, 0) is 15.2 Å². The van der Waals surface area contributed by atoms with Crippen LogP contribution in [0.3, 0.4) is 0 Å². The van der Waals surface area contributed by atoms with Crippen molar-refractivity contribution in [2.75, 3.05) is 39.5 Å². The summed E-state index contributed by atoms with van der Waals surface area (Å²) >= 11 is 1.80. The third kappa shape index (κ3) is 3.07. The monoisotopic (exact) mass is 385 g/mol. The van der Waals surface area contributed by atoms with Gasteiger partial charge in [0.1, 0.15) is 0 Å². The molecule has 1 aromatic carbocycles. The summed E-state index contributed by atoms with van der Waals surface area (Å²) in [6, 6.07) is 8.74. The van der Waals surface area contributed by atoms with Gasteiger partial charge in [0, 0.05) is 48.1 Å². The Labute approximate surface area is 162 Å². The first-order chi connectivity index (χ1) is 13.3. The maximum atomic E-state index is 13.2. The van der Waals surface area contributed by atoms with Crippen molar-refractivity contribution in [3.05, 3.63) is 35.5 Å². The fourth-order valence-corrected chi connectivity index (χ4v) is 5.18. The molecule has 142 valence electrons. The number of amides is 1. The molecular formula is C20H23N3O3S. The second-order valence-corrected chi connectivity index (χ2v) is 8.17. The maximum Gasteiger partial charge on any atom is 0.274 e. The molecule has 0 radical (unpaired) electrons. The van der Waals surface area contributed by atoms with Crippen molar-refractivity contribution in [1.29, 1.82) is 0 Å². The Balaban J connectivity index is 1.61. The summed E-state index contributed by atoms with van der Waals surface area (Å²) in [5, 5.41) is 4.91. The third-order valence-electron chi connectivity index (χ3n) is 5.56. The predicted octanol–water partition coefficient (Wildman–Crippen LogP) is 2.98. The number of nitrogens with zero attached hydrogens (tertiary/aromatic N) is 3. The Hall–Kier alpha value is -1.83. The van der Waals surface area contributed by atoms with E-state index in [-0.39, 0.29) is 11.9 Å². The molecule has 2 fully saturated rings. The highest BCUT2D eigenvalue weighted by atomic mass is 32.2. The molecule has 7 heteroatoms. The molecule has 2 saturated heterocycles. The lowest BCUT2D eigenvalue weighted by Crippen LogP contribution is -2.41. The number of carbonyl (C=O) groups excluding carboxylic acids is 1. The summed E-state index contributed by atoms with van der Waals surface area (Å²) in [5.74, 6) is 0.835. The average Bonchev–Trinajstić information content (AvgIpc) is 3.15. The summed E-state index contributed by atoms with van der Waals surface area (Å²) in [6.07, 6.45) is 1.88. The van der Waals surface area contributed by atoms with Gasteiger partial charge in [-0.3, -0.25) is 9.48 Å². The molecule has 27 heavy (non-hydrogen) atoms. The summed E-state index contributed by atoms with van der Waals surface area (Å²) in [6.45, 7) is 3.99. The molecule has 6 nitrogen and oxygen atoms in total. The van der Waals surface area contributed by atoms with Gasteiger partial charge in [-0.05, 0) is 18.9 Å². The lowest BCUT2D eigenvalue weighted by Gasteiger charge is -2.26. The van der Waals surface area contributed by atoms with Gasteiger partial charge in [-0.2, -0.15) is 5.10 Å². The Kier molecular flexibility index (Phi) is 4.67. The van der Waals surface area contributed by atoms with E-state index in [2.05, 4.69) is 28.9 Å². The molecule has 0 unspecified atom stereocenters. The van der Waals surface area contributed by atoms with E-state index in [0.29, 0.717) is 32.0 Å². The van der Waals surface area contributed by atoms with Crippen LogP contribution in [0.1, 0.15) is 34.9 Å². The Morgan fingerprint density at radius 3 is 2.63 bits per heavy atom. The molecule has 4 heterocycles. The molecule has 2 aromatic rings. The van der Waals surface area contributed by atoms with E-state index in [4.69, 9.17) is 14.6 Å². The predicted molar refractivity (Wildman–Crippen MR) is 103 cm³/mol. The first-order valence-corrected chi connectivity index (χ1v) is 10.6. The number of carbonyl (C=O) groups is 1. The zero-order valence-corrected chi connectivity index (χ0v) is 16.0. The van der Waals surface area contributed by atoms with Crippen LogP contribution in [0.5, 0.6) is 0 Å². The highest BCUT2D eigenvalue weighted by Crippen LogP contribution is 2.44. The fourth-order valence-electron chi connectivity index (χ4n) is 4.11. The van der Waals surface area contributed by atoms with E-state index < -0.39 is 0 Å². The lowest BCUT2D eigenvalue weighted by molar-refractivity contribution is 0.0296. The zero-order chi connectivity index (χ0) is 18.2. The Bertz CT molecular complexity index is 854. The van der Waals surface area contributed by atoms with E-state index >= 15 is 0 Å². The first-order valence-electron chi connectivity index (χ1n) is 9.61. The molecule has 1 aromatic heterocycles. The highest BCUT2D eigenvalue weighted by Gasteiger charge is 2.33. The SMILES string of the molecule is O=C(c1nn(C2CCOCC2)c2c1CSc1ccccc1-2)N1CCOCC1. The summed E-state index contributed by atoms with van der Waals surface area (Å²) < 4.78 is 13.1. The van der Waals surface area contributed by atoms with Gasteiger partial charge in [-0.15, -0.1) is 11.8 Å².